The number of carbonyl (C=O) groups is 1. The van der Waals surface area contributed by atoms with Crippen LogP contribution in [0.4, 0.5) is 10.8 Å². The highest BCUT2D eigenvalue weighted by Gasteiger charge is 2.24. The number of fused-ring (bicyclic) bond motifs is 1. The van der Waals surface area contributed by atoms with Crippen molar-refractivity contribution in [3.05, 3.63) is 33.8 Å². The number of carbonyl (C=O) groups excluding carboxylic acids is 1. The summed E-state index contributed by atoms with van der Waals surface area (Å²) >= 11 is 1.44. The number of thiophene rings is 1. The van der Waals surface area contributed by atoms with Crippen molar-refractivity contribution in [3.63, 3.8) is 0 Å². The van der Waals surface area contributed by atoms with Crippen LogP contribution in [-0.2, 0) is 13.0 Å². The lowest BCUT2D eigenvalue weighted by molar-refractivity contribution is 0.0994. The first-order valence-electron chi connectivity index (χ1n) is 6.28. The Kier molecular flexibility index (Phi) is 3.19. The van der Waals surface area contributed by atoms with Crippen molar-refractivity contribution >= 4 is 28.1 Å². The van der Waals surface area contributed by atoms with Gasteiger partial charge in [-0.25, -0.2) is 0 Å². The molecule has 2 aromatic heterocycles. The molecule has 3 heterocycles. The van der Waals surface area contributed by atoms with E-state index in [0.717, 1.165) is 23.4 Å². The van der Waals surface area contributed by atoms with E-state index < -0.39 is 5.91 Å². The third-order valence-electron chi connectivity index (χ3n) is 3.42. The van der Waals surface area contributed by atoms with Gasteiger partial charge in [0.15, 0.2) is 11.5 Å². The lowest BCUT2D eigenvalue weighted by atomic mass is 10.0. The van der Waals surface area contributed by atoms with Crippen LogP contribution in [0.3, 0.4) is 0 Å². The van der Waals surface area contributed by atoms with Crippen molar-refractivity contribution < 1.29 is 4.79 Å². The Balaban J connectivity index is 1.86. The first kappa shape index (κ1) is 13.3. The molecule has 1 amide bonds. The topological polar surface area (TPSA) is 122 Å². The number of nitrogens with zero attached hydrogens (tertiary/aromatic N) is 4. The number of nitriles is 1. The molecule has 0 aliphatic carbocycles. The third-order valence-corrected chi connectivity index (χ3v) is 4.47. The maximum atomic E-state index is 11.0. The van der Waals surface area contributed by atoms with Gasteiger partial charge < -0.3 is 16.4 Å². The largest absolute Gasteiger partial charge is 0.389 e. The van der Waals surface area contributed by atoms with Crippen LogP contribution < -0.4 is 16.4 Å². The first-order valence-corrected chi connectivity index (χ1v) is 7.10. The molecule has 0 saturated carbocycles. The van der Waals surface area contributed by atoms with Gasteiger partial charge >= 0.3 is 0 Å². The quantitative estimate of drug-likeness (QED) is 0.839. The van der Waals surface area contributed by atoms with Crippen LogP contribution in [0.2, 0.25) is 0 Å². The van der Waals surface area contributed by atoms with Gasteiger partial charge in [-0.15, -0.1) is 21.5 Å². The Labute approximate surface area is 124 Å². The summed E-state index contributed by atoms with van der Waals surface area (Å²) in [6, 6.07) is 5.45. The van der Waals surface area contributed by atoms with Crippen LogP contribution >= 0.6 is 11.3 Å². The van der Waals surface area contributed by atoms with Crippen LogP contribution in [0.25, 0.3) is 0 Å². The van der Waals surface area contributed by atoms with Crippen molar-refractivity contribution in [1.29, 1.82) is 5.26 Å². The maximum absolute atomic E-state index is 11.0. The molecule has 7 nitrogen and oxygen atoms in total. The summed E-state index contributed by atoms with van der Waals surface area (Å²) in [7, 11) is 0. The molecule has 0 spiro atoms. The van der Waals surface area contributed by atoms with Crippen molar-refractivity contribution in [2.45, 2.75) is 13.0 Å². The van der Waals surface area contributed by atoms with Crippen molar-refractivity contribution in [1.82, 2.24) is 10.2 Å². The van der Waals surface area contributed by atoms with Gasteiger partial charge in [-0.3, -0.25) is 4.79 Å². The molecule has 1 aliphatic rings. The second-order valence-corrected chi connectivity index (χ2v) is 5.80. The number of hydrogen-bond acceptors (Lipinski definition) is 7. The SMILES string of the molecule is N#Cc1c(N)sc2c1CCN(c1ccc(C(N)=O)nn1)C2. The van der Waals surface area contributed by atoms with Crippen LogP contribution in [0.5, 0.6) is 0 Å². The standard InChI is InChI=1S/C13H12N6OS/c14-5-8-7-3-4-19(6-10(7)21-13(8)16)11-2-1-9(12(15)20)17-18-11/h1-2H,3-4,6,16H2,(H2,15,20). The molecule has 0 aromatic carbocycles. The van der Waals surface area contributed by atoms with Gasteiger partial charge in [0.1, 0.15) is 11.1 Å². The maximum Gasteiger partial charge on any atom is 0.269 e. The lowest BCUT2D eigenvalue weighted by Crippen LogP contribution is -2.30. The number of anilines is 2. The highest BCUT2D eigenvalue weighted by molar-refractivity contribution is 7.16. The molecule has 1 aliphatic heterocycles. The van der Waals surface area contributed by atoms with E-state index in [2.05, 4.69) is 16.3 Å². The van der Waals surface area contributed by atoms with Gasteiger partial charge in [-0.2, -0.15) is 5.26 Å². The summed E-state index contributed by atoms with van der Waals surface area (Å²) < 4.78 is 0. The Bertz CT molecular complexity index is 745. The first-order chi connectivity index (χ1) is 10.1. The molecule has 0 radical (unpaired) electrons. The molecule has 0 fully saturated rings. The van der Waals surface area contributed by atoms with E-state index in [-0.39, 0.29) is 5.69 Å². The van der Waals surface area contributed by atoms with Crippen LogP contribution in [0.1, 0.15) is 26.5 Å². The molecule has 0 saturated heterocycles. The molecule has 8 heteroatoms. The molecule has 3 rings (SSSR count). The van der Waals surface area contributed by atoms with E-state index in [4.69, 9.17) is 16.7 Å². The van der Waals surface area contributed by atoms with Crippen LogP contribution in [0.15, 0.2) is 12.1 Å². The van der Waals surface area contributed by atoms with E-state index in [1.165, 1.54) is 11.3 Å². The second kappa shape index (κ2) is 5.03. The number of rotatable bonds is 2. The van der Waals surface area contributed by atoms with Gasteiger partial charge in [-0.05, 0) is 24.1 Å². The van der Waals surface area contributed by atoms with E-state index in [9.17, 15) is 4.79 Å². The lowest BCUT2D eigenvalue weighted by Gasteiger charge is -2.27. The van der Waals surface area contributed by atoms with E-state index in [1.807, 2.05) is 4.90 Å². The van der Waals surface area contributed by atoms with Gasteiger partial charge in [0, 0.05) is 11.4 Å². The van der Waals surface area contributed by atoms with Gasteiger partial charge in [0.2, 0.25) is 0 Å². The van der Waals surface area contributed by atoms with Crippen molar-refractivity contribution in [3.8, 4) is 6.07 Å². The summed E-state index contributed by atoms with van der Waals surface area (Å²) in [6.45, 7) is 1.36. The summed E-state index contributed by atoms with van der Waals surface area (Å²) in [5.74, 6) is 0.0794. The Morgan fingerprint density at radius 1 is 1.43 bits per heavy atom. The molecule has 0 unspecified atom stereocenters. The average Bonchev–Trinajstić information content (AvgIpc) is 2.81. The molecule has 106 valence electrons. The third kappa shape index (κ3) is 2.28. The summed E-state index contributed by atoms with van der Waals surface area (Å²) in [5.41, 5.74) is 12.8. The fraction of sp³-hybridized carbons (Fsp3) is 0.231. The summed E-state index contributed by atoms with van der Waals surface area (Å²) in [6.07, 6.45) is 0.741. The number of primary amides is 1. The Morgan fingerprint density at radius 3 is 2.86 bits per heavy atom. The van der Waals surface area contributed by atoms with Gasteiger partial charge in [0.05, 0.1) is 12.1 Å². The Morgan fingerprint density at radius 2 is 2.24 bits per heavy atom. The fourth-order valence-electron chi connectivity index (χ4n) is 2.37. The predicted octanol–water partition coefficient (Wildman–Crippen LogP) is 0.654. The zero-order valence-corrected chi connectivity index (χ0v) is 11.9. The van der Waals surface area contributed by atoms with E-state index >= 15 is 0 Å². The zero-order valence-electron chi connectivity index (χ0n) is 11.0. The number of amides is 1. The number of nitrogen functional groups attached to an aromatic ring is 1. The van der Waals surface area contributed by atoms with E-state index in [1.54, 1.807) is 12.1 Å². The molecule has 0 atom stereocenters. The van der Waals surface area contributed by atoms with Crippen molar-refractivity contribution in [2.75, 3.05) is 17.2 Å². The minimum atomic E-state index is -0.598. The second-order valence-electron chi connectivity index (χ2n) is 4.67. The molecule has 0 bridgehead atoms. The average molecular weight is 300 g/mol. The Hall–Kier alpha value is -2.66. The summed E-state index contributed by atoms with van der Waals surface area (Å²) in [5, 5.41) is 17.5. The molecule has 2 aromatic rings. The van der Waals surface area contributed by atoms with Crippen LogP contribution in [-0.4, -0.2) is 22.6 Å². The summed E-state index contributed by atoms with van der Waals surface area (Å²) in [4.78, 5) is 14.1. The normalized spacial score (nSPS) is 13.6. The predicted molar refractivity (Wildman–Crippen MR) is 78.8 cm³/mol. The smallest absolute Gasteiger partial charge is 0.269 e. The fourth-order valence-corrected chi connectivity index (χ4v) is 3.45. The van der Waals surface area contributed by atoms with Gasteiger partial charge in [-0.1, -0.05) is 0 Å². The number of nitrogens with two attached hydrogens (primary N) is 2. The zero-order chi connectivity index (χ0) is 15.0. The number of hydrogen-bond donors (Lipinski definition) is 2. The van der Waals surface area contributed by atoms with Crippen LogP contribution in [0, 0.1) is 11.3 Å². The molecular formula is C13H12N6OS. The minimum Gasteiger partial charge on any atom is -0.389 e. The monoisotopic (exact) mass is 300 g/mol. The van der Waals surface area contributed by atoms with E-state index in [0.29, 0.717) is 22.9 Å². The molecule has 4 N–H and O–H groups in total. The molecule has 21 heavy (non-hydrogen) atoms. The highest BCUT2D eigenvalue weighted by Crippen LogP contribution is 2.35. The highest BCUT2D eigenvalue weighted by atomic mass is 32.1. The molecular weight excluding hydrogens is 288 g/mol. The van der Waals surface area contributed by atoms with Crippen molar-refractivity contribution in [2.24, 2.45) is 5.73 Å². The number of aromatic nitrogens is 2. The van der Waals surface area contributed by atoms with Gasteiger partial charge in [0.25, 0.3) is 5.91 Å². The minimum absolute atomic E-state index is 0.142.